The highest BCUT2D eigenvalue weighted by Crippen LogP contribution is 2.04. The number of nitrogens with one attached hydrogen (secondary N) is 1. The number of rotatable bonds is 12. The molecule has 0 aliphatic carbocycles. The highest BCUT2D eigenvalue weighted by atomic mass is 16.5. The zero-order valence-corrected chi connectivity index (χ0v) is 11.7. The molecule has 0 unspecified atom stereocenters. The quantitative estimate of drug-likeness (QED) is 0.320. The van der Waals surface area contributed by atoms with E-state index in [-0.39, 0.29) is 5.91 Å². The first kappa shape index (κ1) is 17.6. The van der Waals surface area contributed by atoms with Gasteiger partial charge in [0, 0.05) is 19.0 Å². The standard InChI is InChI=1S/C14H26N2O3/c1-2-14(18)19-12-8-11-16-13(17)9-6-4-3-5-7-10-15/h2H,1,3-12,15H2,(H,16,17). The molecule has 19 heavy (non-hydrogen) atoms. The summed E-state index contributed by atoms with van der Waals surface area (Å²) < 4.78 is 4.79. The predicted molar refractivity (Wildman–Crippen MR) is 75.5 cm³/mol. The second kappa shape index (κ2) is 13.1. The summed E-state index contributed by atoms with van der Waals surface area (Å²) in [4.78, 5) is 22.2. The highest BCUT2D eigenvalue weighted by Gasteiger charge is 2.01. The zero-order chi connectivity index (χ0) is 14.3. The van der Waals surface area contributed by atoms with Gasteiger partial charge in [-0.25, -0.2) is 4.79 Å². The molecular formula is C14H26N2O3. The molecule has 110 valence electrons. The van der Waals surface area contributed by atoms with Gasteiger partial charge in [0.2, 0.25) is 5.91 Å². The topological polar surface area (TPSA) is 81.4 Å². The van der Waals surface area contributed by atoms with Crippen LogP contribution in [0.4, 0.5) is 0 Å². The summed E-state index contributed by atoms with van der Waals surface area (Å²) in [5.41, 5.74) is 5.40. The fourth-order valence-corrected chi connectivity index (χ4v) is 1.58. The number of amides is 1. The third kappa shape index (κ3) is 12.9. The van der Waals surface area contributed by atoms with E-state index in [0.29, 0.717) is 26.0 Å². The van der Waals surface area contributed by atoms with E-state index in [0.717, 1.165) is 44.7 Å². The predicted octanol–water partition coefficient (Wildman–Crippen LogP) is 1.52. The molecule has 0 saturated carbocycles. The van der Waals surface area contributed by atoms with Crippen LogP contribution in [0.3, 0.4) is 0 Å². The summed E-state index contributed by atoms with van der Waals surface area (Å²) in [5.74, 6) is -0.363. The van der Waals surface area contributed by atoms with Crippen LogP contribution in [-0.2, 0) is 14.3 Å². The molecule has 0 spiro atoms. The third-order valence-corrected chi connectivity index (χ3v) is 2.66. The fraction of sp³-hybridized carbons (Fsp3) is 0.714. The lowest BCUT2D eigenvalue weighted by Gasteiger charge is -2.05. The van der Waals surface area contributed by atoms with Crippen molar-refractivity contribution in [2.75, 3.05) is 19.7 Å². The minimum absolute atomic E-state index is 0.0638. The lowest BCUT2D eigenvalue weighted by Crippen LogP contribution is -2.25. The van der Waals surface area contributed by atoms with Crippen molar-refractivity contribution in [2.24, 2.45) is 5.73 Å². The minimum atomic E-state index is -0.427. The molecule has 3 N–H and O–H groups in total. The number of hydrogen-bond donors (Lipinski definition) is 2. The van der Waals surface area contributed by atoms with E-state index >= 15 is 0 Å². The molecule has 0 radical (unpaired) electrons. The largest absolute Gasteiger partial charge is 0.462 e. The molecule has 0 heterocycles. The van der Waals surface area contributed by atoms with Crippen LogP contribution in [0.15, 0.2) is 12.7 Å². The lowest BCUT2D eigenvalue weighted by molar-refractivity contribution is -0.137. The zero-order valence-electron chi connectivity index (χ0n) is 11.7. The maximum atomic E-state index is 11.4. The van der Waals surface area contributed by atoms with Gasteiger partial charge in [-0.1, -0.05) is 25.8 Å². The van der Waals surface area contributed by atoms with Crippen LogP contribution in [0, 0.1) is 0 Å². The maximum absolute atomic E-state index is 11.4. The van der Waals surface area contributed by atoms with Gasteiger partial charge in [-0.3, -0.25) is 4.79 Å². The van der Waals surface area contributed by atoms with Gasteiger partial charge in [0.05, 0.1) is 6.61 Å². The van der Waals surface area contributed by atoms with E-state index in [1.54, 1.807) is 0 Å². The van der Waals surface area contributed by atoms with E-state index < -0.39 is 5.97 Å². The summed E-state index contributed by atoms with van der Waals surface area (Å²) in [6.07, 6.45) is 7.66. The number of ether oxygens (including phenoxy) is 1. The summed E-state index contributed by atoms with van der Waals surface area (Å²) in [6, 6.07) is 0. The highest BCUT2D eigenvalue weighted by molar-refractivity contribution is 5.81. The Morgan fingerprint density at radius 2 is 1.79 bits per heavy atom. The van der Waals surface area contributed by atoms with Crippen molar-refractivity contribution in [3.63, 3.8) is 0 Å². The van der Waals surface area contributed by atoms with Crippen LogP contribution in [0.25, 0.3) is 0 Å². The van der Waals surface area contributed by atoms with Gasteiger partial charge in [-0.05, 0) is 25.8 Å². The van der Waals surface area contributed by atoms with Crippen molar-refractivity contribution < 1.29 is 14.3 Å². The molecule has 5 nitrogen and oxygen atoms in total. The minimum Gasteiger partial charge on any atom is -0.462 e. The molecule has 0 rings (SSSR count). The van der Waals surface area contributed by atoms with E-state index in [1.807, 2.05) is 0 Å². The number of hydrogen-bond acceptors (Lipinski definition) is 4. The third-order valence-electron chi connectivity index (χ3n) is 2.66. The molecule has 0 atom stereocenters. The van der Waals surface area contributed by atoms with Gasteiger partial charge >= 0.3 is 5.97 Å². The van der Waals surface area contributed by atoms with Gasteiger partial charge in [0.15, 0.2) is 0 Å². The molecular weight excluding hydrogens is 244 g/mol. The van der Waals surface area contributed by atoms with E-state index in [1.165, 1.54) is 0 Å². The van der Waals surface area contributed by atoms with Crippen molar-refractivity contribution in [2.45, 2.75) is 44.9 Å². The second-order valence-electron chi connectivity index (χ2n) is 4.38. The SMILES string of the molecule is C=CC(=O)OCCCNC(=O)CCCCCCCN. The van der Waals surface area contributed by atoms with Crippen molar-refractivity contribution in [1.82, 2.24) is 5.32 Å². The number of unbranched alkanes of at least 4 members (excludes halogenated alkanes) is 4. The van der Waals surface area contributed by atoms with E-state index in [4.69, 9.17) is 10.5 Å². The van der Waals surface area contributed by atoms with Crippen LogP contribution in [-0.4, -0.2) is 31.6 Å². The first-order chi connectivity index (χ1) is 9.20. The second-order valence-corrected chi connectivity index (χ2v) is 4.38. The van der Waals surface area contributed by atoms with Crippen molar-refractivity contribution >= 4 is 11.9 Å². The maximum Gasteiger partial charge on any atom is 0.330 e. The smallest absolute Gasteiger partial charge is 0.330 e. The fourth-order valence-electron chi connectivity index (χ4n) is 1.58. The molecule has 0 aromatic rings. The molecule has 0 aliphatic heterocycles. The molecule has 0 saturated heterocycles. The van der Waals surface area contributed by atoms with Crippen molar-refractivity contribution in [3.05, 3.63) is 12.7 Å². The molecule has 0 aromatic heterocycles. The summed E-state index contributed by atoms with van der Waals surface area (Å²) >= 11 is 0. The summed E-state index contributed by atoms with van der Waals surface area (Å²) in [6.45, 7) is 4.89. The average Bonchev–Trinajstić information content (AvgIpc) is 2.42. The molecule has 0 fully saturated rings. The normalized spacial score (nSPS) is 9.95. The Morgan fingerprint density at radius 3 is 2.47 bits per heavy atom. The van der Waals surface area contributed by atoms with Gasteiger partial charge in [-0.15, -0.1) is 0 Å². The first-order valence-corrected chi connectivity index (χ1v) is 6.96. The van der Waals surface area contributed by atoms with Gasteiger partial charge in [0.25, 0.3) is 0 Å². The Bertz CT molecular complexity index is 267. The van der Waals surface area contributed by atoms with E-state index in [9.17, 15) is 9.59 Å². The van der Waals surface area contributed by atoms with Crippen LogP contribution in [0.5, 0.6) is 0 Å². The monoisotopic (exact) mass is 270 g/mol. The van der Waals surface area contributed by atoms with Gasteiger partial charge in [0.1, 0.15) is 0 Å². The van der Waals surface area contributed by atoms with Crippen LogP contribution in [0.2, 0.25) is 0 Å². The van der Waals surface area contributed by atoms with Crippen LogP contribution < -0.4 is 11.1 Å². The number of carbonyl (C=O) groups is 2. The Kier molecular flexibility index (Phi) is 12.1. The van der Waals surface area contributed by atoms with Crippen molar-refractivity contribution in [3.8, 4) is 0 Å². The van der Waals surface area contributed by atoms with Gasteiger partial charge in [-0.2, -0.15) is 0 Å². The summed E-state index contributed by atoms with van der Waals surface area (Å²) in [7, 11) is 0. The molecule has 0 bridgehead atoms. The number of nitrogens with two attached hydrogens (primary N) is 1. The first-order valence-electron chi connectivity index (χ1n) is 6.96. The molecule has 0 aromatic carbocycles. The van der Waals surface area contributed by atoms with Crippen LogP contribution >= 0.6 is 0 Å². The number of carbonyl (C=O) groups excluding carboxylic acids is 2. The Morgan fingerprint density at radius 1 is 1.11 bits per heavy atom. The van der Waals surface area contributed by atoms with Crippen LogP contribution in [0.1, 0.15) is 44.9 Å². The molecule has 1 amide bonds. The molecule has 0 aliphatic rings. The lowest BCUT2D eigenvalue weighted by atomic mass is 10.1. The Labute approximate surface area is 115 Å². The van der Waals surface area contributed by atoms with Crippen molar-refractivity contribution in [1.29, 1.82) is 0 Å². The summed E-state index contributed by atoms with van der Waals surface area (Å²) in [5, 5.41) is 2.80. The number of esters is 1. The van der Waals surface area contributed by atoms with Gasteiger partial charge < -0.3 is 15.8 Å². The molecule has 5 heteroatoms. The Hall–Kier alpha value is -1.36. The van der Waals surface area contributed by atoms with E-state index in [2.05, 4.69) is 11.9 Å². The average molecular weight is 270 g/mol. The Balaban J connectivity index is 3.25.